The van der Waals surface area contributed by atoms with Crippen LogP contribution in [0.1, 0.15) is 18.1 Å². The first-order valence-electron chi connectivity index (χ1n) is 8.24. The van der Waals surface area contributed by atoms with E-state index in [4.69, 9.17) is 9.15 Å². The molecule has 0 bridgehead atoms. The molecule has 25 heavy (non-hydrogen) atoms. The van der Waals surface area contributed by atoms with Gasteiger partial charge < -0.3 is 9.15 Å². The minimum Gasteiger partial charge on any atom is -0.490 e. The number of rotatable bonds is 3. The summed E-state index contributed by atoms with van der Waals surface area (Å²) in [6.07, 6.45) is 0. The molecule has 0 aliphatic carbocycles. The Bertz CT molecular complexity index is 1110. The second kappa shape index (κ2) is 5.77. The lowest BCUT2D eigenvalue weighted by atomic mass is 10.1. The molecule has 2 aliphatic rings. The minimum atomic E-state index is -0.189. The Labute approximate surface area is 144 Å². The molecule has 0 radical (unpaired) electrons. The topological polar surface area (TPSA) is 57.3 Å². The maximum Gasteiger partial charge on any atom is 0.284 e. The lowest BCUT2D eigenvalue weighted by Crippen LogP contribution is -2.14. The fourth-order valence-corrected chi connectivity index (χ4v) is 2.90. The zero-order valence-electron chi connectivity index (χ0n) is 14.4. The van der Waals surface area contributed by atoms with Crippen molar-refractivity contribution in [1.82, 2.24) is 9.78 Å². The van der Waals surface area contributed by atoms with Gasteiger partial charge in [0.2, 0.25) is 5.89 Å². The van der Waals surface area contributed by atoms with E-state index in [2.05, 4.69) is 5.10 Å². The normalized spacial score (nSPS) is 11.3. The van der Waals surface area contributed by atoms with Crippen LogP contribution in [0.3, 0.4) is 0 Å². The first-order chi connectivity index (χ1) is 12.1. The molecule has 0 spiro atoms. The van der Waals surface area contributed by atoms with Gasteiger partial charge in [0, 0.05) is 5.39 Å². The summed E-state index contributed by atoms with van der Waals surface area (Å²) in [4.78, 5) is 12.8. The quantitative estimate of drug-likeness (QED) is 0.566. The summed E-state index contributed by atoms with van der Waals surface area (Å²) in [5, 5.41) is 5.20. The van der Waals surface area contributed by atoms with Crippen molar-refractivity contribution in [2.45, 2.75) is 20.8 Å². The monoisotopic (exact) mass is 334 g/mol. The molecule has 4 rings (SSSR count). The predicted molar refractivity (Wildman–Crippen MR) is 96.9 cm³/mol. The van der Waals surface area contributed by atoms with Crippen molar-refractivity contribution in [2.24, 2.45) is 0 Å². The average Bonchev–Trinajstić information content (AvgIpc) is 2.93. The van der Waals surface area contributed by atoms with Gasteiger partial charge in [-0.3, -0.25) is 4.79 Å². The van der Waals surface area contributed by atoms with Crippen molar-refractivity contribution < 1.29 is 9.15 Å². The summed E-state index contributed by atoms with van der Waals surface area (Å²) in [7, 11) is 0. The van der Waals surface area contributed by atoms with Crippen molar-refractivity contribution in [3.8, 4) is 22.9 Å². The highest BCUT2D eigenvalue weighted by atomic mass is 16.5. The molecule has 2 aliphatic heterocycles. The Kier molecular flexibility index (Phi) is 3.57. The largest absolute Gasteiger partial charge is 0.490 e. The fraction of sp³-hybridized carbons (Fsp3) is 0.200. The molecule has 5 nitrogen and oxygen atoms in total. The first-order valence-corrected chi connectivity index (χ1v) is 8.24. The van der Waals surface area contributed by atoms with E-state index in [9.17, 15) is 4.79 Å². The number of aromatic nitrogens is 2. The van der Waals surface area contributed by atoms with E-state index in [1.54, 1.807) is 0 Å². The summed E-state index contributed by atoms with van der Waals surface area (Å²) in [5.41, 5.74) is 3.88. The SMILES string of the molecule is CCOc1cccc2cc3c(=O)n(-c4ccc(C)c(C)c4)nc-3oc12. The van der Waals surface area contributed by atoms with Crippen LogP contribution < -0.4 is 10.3 Å². The van der Waals surface area contributed by atoms with E-state index in [1.807, 2.05) is 63.2 Å². The Balaban J connectivity index is 1.97. The molecular weight excluding hydrogens is 316 g/mol. The van der Waals surface area contributed by atoms with Gasteiger partial charge in [0.1, 0.15) is 5.56 Å². The number of hydrogen-bond acceptors (Lipinski definition) is 4. The molecule has 126 valence electrons. The fourth-order valence-electron chi connectivity index (χ4n) is 2.90. The Morgan fingerprint density at radius 2 is 1.96 bits per heavy atom. The number of nitrogens with zero attached hydrogens (tertiary/aromatic N) is 2. The average molecular weight is 334 g/mol. The van der Waals surface area contributed by atoms with Crippen molar-refractivity contribution in [3.63, 3.8) is 0 Å². The van der Waals surface area contributed by atoms with Crippen molar-refractivity contribution in [1.29, 1.82) is 0 Å². The summed E-state index contributed by atoms with van der Waals surface area (Å²) < 4.78 is 12.9. The van der Waals surface area contributed by atoms with E-state index < -0.39 is 0 Å². The molecule has 0 saturated heterocycles. The van der Waals surface area contributed by atoms with E-state index in [-0.39, 0.29) is 5.56 Å². The molecule has 0 amide bonds. The van der Waals surface area contributed by atoms with Gasteiger partial charge in [-0.25, -0.2) is 0 Å². The summed E-state index contributed by atoms with van der Waals surface area (Å²) in [6.45, 7) is 6.51. The summed E-state index contributed by atoms with van der Waals surface area (Å²) in [5.74, 6) is 0.956. The van der Waals surface area contributed by atoms with Crippen LogP contribution in [0, 0.1) is 13.8 Å². The molecule has 0 aromatic heterocycles. The number of fused-ring (bicyclic) bond motifs is 2. The van der Waals surface area contributed by atoms with Crippen LogP contribution in [0.5, 0.6) is 5.75 Å². The van der Waals surface area contributed by atoms with Crippen molar-refractivity contribution in [2.75, 3.05) is 6.61 Å². The highest BCUT2D eigenvalue weighted by Crippen LogP contribution is 2.31. The third-order valence-corrected chi connectivity index (χ3v) is 4.39. The highest BCUT2D eigenvalue weighted by Gasteiger charge is 2.20. The van der Waals surface area contributed by atoms with Crippen molar-refractivity contribution in [3.05, 3.63) is 63.9 Å². The third kappa shape index (κ3) is 2.48. The number of ether oxygens (including phenoxy) is 1. The van der Waals surface area contributed by atoms with E-state index in [0.717, 1.165) is 16.6 Å². The van der Waals surface area contributed by atoms with Gasteiger partial charge in [-0.05, 0) is 56.2 Å². The van der Waals surface area contributed by atoms with Crippen LogP contribution in [0.25, 0.3) is 28.1 Å². The van der Waals surface area contributed by atoms with Gasteiger partial charge in [0.05, 0.1) is 12.3 Å². The van der Waals surface area contributed by atoms with E-state index in [0.29, 0.717) is 29.4 Å². The van der Waals surface area contributed by atoms with E-state index in [1.165, 1.54) is 10.2 Å². The zero-order valence-corrected chi connectivity index (χ0v) is 14.4. The standard InChI is InChI=1S/C20H18N2O3/c1-4-24-17-7-5-6-14-11-16-19(25-18(14)17)21-22(20(16)23)15-9-8-12(2)13(3)10-15/h5-11H,4H2,1-3H3. The lowest BCUT2D eigenvalue weighted by molar-refractivity contribution is 0.338. The molecule has 0 atom stereocenters. The second-order valence-electron chi connectivity index (χ2n) is 6.06. The van der Waals surface area contributed by atoms with Crippen LogP contribution in [0.4, 0.5) is 0 Å². The summed E-state index contributed by atoms with van der Waals surface area (Å²) in [6, 6.07) is 13.3. The Morgan fingerprint density at radius 3 is 2.72 bits per heavy atom. The van der Waals surface area contributed by atoms with Crippen molar-refractivity contribution >= 4 is 11.0 Å². The van der Waals surface area contributed by atoms with Crippen LogP contribution in [-0.2, 0) is 0 Å². The molecule has 5 heteroatoms. The van der Waals surface area contributed by atoms with Gasteiger partial charge >= 0.3 is 0 Å². The zero-order chi connectivity index (χ0) is 17.6. The third-order valence-electron chi connectivity index (χ3n) is 4.39. The molecule has 2 aromatic carbocycles. The smallest absolute Gasteiger partial charge is 0.284 e. The Hall–Kier alpha value is -3.08. The van der Waals surface area contributed by atoms with Gasteiger partial charge in [0.25, 0.3) is 5.56 Å². The van der Waals surface area contributed by atoms with Gasteiger partial charge in [-0.1, -0.05) is 18.2 Å². The van der Waals surface area contributed by atoms with Gasteiger partial charge in [-0.15, -0.1) is 5.10 Å². The Morgan fingerprint density at radius 1 is 1.12 bits per heavy atom. The summed E-state index contributed by atoms with van der Waals surface area (Å²) >= 11 is 0. The molecule has 2 aromatic rings. The maximum atomic E-state index is 12.8. The molecule has 0 N–H and O–H groups in total. The van der Waals surface area contributed by atoms with Crippen LogP contribution in [-0.4, -0.2) is 16.4 Å². The van der Waals surface area contributed by atoms with Crippen LogP contribution >= 0.6 is 0 Å². The first kappa shape index (κ1) is 15.4. The predicted octanol–water partition coefficient (Wildman–Crippen LogP) is 4.10. The second-order valence-corrected chi connectivity index (χ2v) is 6.06. The number of aryl methyl sites for hydroxylation is 2. The number of benzene rings is 2. The number of hydrogen-bond donors (Lipinski definition) is 0. The van der Waals surface area contributed by atoms with Gasteiger partial charge in [0.15, 0.2) is 11.3 Å². The minimum absolute atomic E-state index is 0.189. The van der Waals surface area contributed by atoms with E-state index >= 15 is 0 Å². The molecule has 0 fully saturated rings. The molecule has 2 heterocycles. The maximum absolute atomic E-state index is 12.8. The van der Waals surface area contributed by atoms with Crippen LogP contribution in [0.15, 0.2) is 51.7 Å². The van der Waals surface area contributed by atoms with Gasteiger partial charge in [-0.2, -0.15) is 4.68 Å². The molecule has 0 unspecified atom stereocenters. The van der Waals surface area contributed by atoms with Crippen LogP contribution in [0.2, 0.25) is 0 Å². The number of para-hydroxylation sites is 1. The molecule has 0 saturated carbocycles. The lowest BCUT2D eigenvalue weighted by Gasteiger charge is -2.06. The highest BCUT2D eigenvalue weighted by molar-refractivity contribution is 5.86. The molecular formula is C20H18N2O3.